The lowest BCUT2D eigenvalue weighted by atomic mass is 10.1. The first-order valence-electron chi connectivity index (χ1n) is 13.6. The zero-order valence-electron chi connectivity index (χ0n) is 23.5. The highest BCUT2D eigenvalue weighted by molar-refractivity contribution is 7.22. The molecule has 1 fully saturated rings. The summed E-state index contributed by atoms with van der Waals surface area (Å²) in [6.45, 7) is 1.49. The molecular formula is C31H29F2N5O4S. The fourth-order valence-corrected chi connectivity index (χ4v) is 6.28. The molecule has 0 bridgehead atoms. The normalized spacial score (nSPS) is 13.5. The average Bonchev–Trinajstić information content (AvgIpc) is 3.31. The van der Waals surface area contributed by atoms with Crippen molar-refractivity contribution in [2.24, 2.45) is 5.92 Å². The first-order chi connectivity index (χ1) is 20.7. The highest BCUT2D eigenvalue weighted by Crippen LogP contribution is 2.38. The largest absolute Gasteiger partial charge is 0.477 e. The van der Waals surface area contributed by atoms with Gasteiger partial charge in [-0.2, -0.15) is 4.98 Å². The van der Waals surface area contributed by atoms with Crippen molar-refractivity contribution in [1.82, 2.24) is 19.0 Å². The van der Waals surface area contributed by atoms with Crippen LogP contribution in [0.1, 0.15) is 11.1 Å². The second kappa shape index (κ2) is 11.7. The lowest BCUT2D eigenvalue weighted by Gasteiger charge is -2.25. The van der Waals surface area contributed by atoms with Gasteiger partial charge in [-0.1, -0.05) is 24.3 Å². The van der Waals surface area contributed by atoms with Crippen LogP contribution in [0.4, 0.5) is 14.5 Å². The van der Waals surface area contributed by atoms with Crippen molar-refractivity contribution >= 4 is 27.2 Å². The summed E-state index contributed by atoms with van der Waals surface area (Å²) in [4.78, 5) is 35.9. The highest BCUT2D eigenvalue weighted by atomic mass is 32.1. The minimum Gasteiger partial charge on any atom is -0.477 e. The Kier molecular flexibility index (Phi) is 7.82. The number of fused-ring (bicyclic) bond motifs is 1. The van der Waals surface area contributed by atoms with Gasteiger partial charge in [0.2, 0.25) is 5.88 Å². The third kappa shape index (κ3) is 5.56. The van der Waals surface area contributed by atoms with Crippen LogP contribution in [-0.2, 0) is 17.8 Å². The maximum atomic E-state index is 14.9. The third-order valence-corrected chi connectivity index (χ3v) is 8.51. The van der Waals surface area contributed by atoms with Gasteiger partial charge in [0.25, 0.3) is 5.56 Å². The molecule has 0 radical (unpaired) electrons. The molecule has 12 heteroatoms. The molecule has 0 saturated carbocycles. The van der Waals surface area contributed by atoms with E-state index in [-0.39, 0.29) is 28.6 Å². The smallest absolute Gasteiger partial charge is 0.338 e. The van der Waals surface area contributed by atoms with Crippen molar-refractivity contribution in [3.8, 4) is 22.1 Å². The number of anilines is 1. The van der Waals surface area contributed by atoms with Crippen LogP contribution in [-0.4, -0.2) is 52.9 Å². The highest BCUT2D eigenvalue weighted by Gasteiger charge is 2.26. The Morgan fingerprint density at radius 2 is 1.72 bits per heavy atom. The number of nitrogens with zero attached hydrogens (tertiary/aromatic N) is 4. The molecule has 5 aromatic rings. The van der Waals surface area contributed by atoms with Gasteiger partial charge in [-0.05, 0) is 55.6 Å². The van der Waals surface area contributed by atoms with Gasteiger partial charge >= 0.3 is 5.69 Å². The van der Waals surface area contributed by atoms with E-state index in [0.29, 0.717) is 42.4 Å². The molecule has 0 amide bonds. The molecule has 0 spiro atoms. The molecule has 6 rings (SSSR count). The number of hydrogen-bond donors (Lipinski definition) is 1. The Morgan fingerprint density at radius 3 is 2.37 bits per heavy atom. The second-order valence-corrected chi connectivity index (χ2v) is 11.7. The van der Waals surface area contributed by atoms with Crippen LogP contribution < -0.4 is 21.7 Å². The number of thiophene rings is 1. The Morgan fingerprint density at radius 1 is 1.02 bits per heavy atom. The number of ether oxygens (including phenoxy) is 2. The molecule has 0 atom stereocenters. The van der Waals surface area contributed by atoms with E-state index in [1.807, 2.05) is 31.1 Å². The van der Waals surface area contributed by atoms with E-state index in [0.717, 1.165) is 27.1 Å². The Labute approximate surface area is 249 Å². The number of rotatable bonds is 9. The summed E-state index contributed by atoms with van der Waals surface area (Å²) in [6, 6.07) is 15.5. The van der Waals surface area contributed by atoms with E-state index in [4.69, 9.17) is 15.2 Å². The van der Waals surface area contributed by atoms with Gasteiger partial charge in [0.1, 0.15) is 22.3 Å². The summed E-state index contributed by atoms with van der Waals surface area (Å²) in [6.07, 6.45) is 0. The number of hydrogen-bond acceptors (Lipinski definition) is 8. The van der Waals surface area contributed by atoms with Crippen LogP contribution in [0, 0.1) is 17.6 Å². The summed E-state index contributed by atoms with van der Waals surface area (Å²) in [5.74, 6) is -1.07. The second-order valence-electron chi connectivity index (χ2n) is 10.7. The van der Waals surface area contributed by atoms with Gasteiger partial charge in [0.05, 0.1) is 31.8 Å². The fourth-order valence-electron chi connectivity index (χ4n) is 4.98. The number of pyridine rings is 1. The molecule has 1 saturated heterocycles. The van der Waals surface area contributed by atoms with Crippen molar-refractivity contribution in [1.29, 1.82) is 0 Å². The molecule has 1 aliphatic heterocycles. The molecule has 222 valence electrons. The van der Waals surface area contributed by atoms with E-state index in [1.54, 1.807) is 24.3 Å². The SMILES string of the molecule is CN(C)Cc1c(-c2ccc(N)cc2)sc2c1c(=O)n(-c1cccc(OCC3COC3)n1)c(=O)n2Cc1c(F)cccc1F. The Hall–Kier alpha value is -4.39. The van der Waals surface area contributed by atoms with Gasteiger partial charge in [-0.15, -0.1) is 11.3 Å². The molecule has 0 unspecified atom stereocenters. The maximum Gasteiger partial charge on any atom is 0.338 e. The van der Waals surface area contributed by atoms with Crippen molar-refractivity contribution in [2.45, 2.75) is 13.1 Å². The number of nitrogens with two attached hydrogens (primary N) is 1. The number of halogens is 2. The maximum absolute atomic E-state index is 14.9. The Bertz CT molecular complexity index is 1910. The zero-order valence-corrected chi connectivity index (χ0v) is 24.4. The van der Waals surface area contributed by atoms with Crippen LogP contribution in [0.3, 0.4) is 0 Å². The van der Waals surface area contributed by atoms with Crippen LogP contribution >= 0.6 is 11.3 Å². The molecule has 2 N–H and O–H groups in total. The summed E-state index contributed by atoms with van der Waals surface area (Å²) in [7, 11) is 3.74. The summed E-state index contributed by atoms with van der Waals surface area (Å²) in [5, 5.41) is 0.265. The predicted molar refractivity (Wildman–Crippen MR) is 162 cm³/mol. The van der Waals surface area contributed by atoms with Crippen LogP contribution in [0.5, 0.6) is 5.88 Å². The topological polar surface area (TPSA) is 105 Å². The summed E-state index contributed by atoms with van der Waals surface area (Å²) >= 11 is 1.22. The number of nitrogen functional groups attached to an aromatic ring is 1. The molecule has 9 nitrogen and oxygen atoms in total. The van der Waals surface area contributed by atoms with Crippen molar-refractivity contribution in [3.05, 3.63) is 104 Å². The molecule has 2 aromatic carbocycles. The van der Waals surface area contributed by atoms with Crippen LogP contribution in [0.2, 0.25) is 0 Å². The molecule has 0 aliphatic carbocycles. The van der Waals surface area contributed by atoms with E-state index < -0.39 is 29.4 Å². The minimum absolute atomic E-state index is 0.0399. The fraction of sp³-hybridized carbons (Fsp3) is 0.258. The van der Waals surface area contributed by atoms with Gasteiger partial charge in [0.15, 0.2) is 0 Å². The first-order valence-corrected chi connectivity index (χ1v) is 14.5. The quantitative estimate of drug-likeness (QED) is 0.250. The van der Waals surface area contributed by atoms with Gasteiger partial charge in [-0.3, -0.25) is 9.36 Å². The molecule has 3 aromatic heterocycles. The van der Waals surface area contributed by atoms with E-state index in [9.17, 15) is 18.4 Å². The first kappa shape index (κ1) is 28.7. The van der Waals surface area contributed by atoms with Crippen LogP contribution in [0.15, 0.2) is 70.3 Å². The Balaban J connectivity index is 1.61. The van der Waals surface area contributed by atoms with E-state index in [2.05, 4.69) is 4.98 Å². The van der Waals surface area contributed by atoms with Crippen molar-refractivity contribution in [3.63, 3.8) is 0 Å². The van der Waals surface area contributed by atoms with E-state index >= 15 is 0 Å². The predicted octanol–water partition coefficient (Wildman–Crippen LogP) is 4.27. The minimum atomic E-state index is -0.796. The van der Waals surface area contributed by atoms with Gasteiger partial charge in [-0.25, -0.2) is 18.1 Å². The van der Waals surface area contributed by atoms with Crippen molar-refractivity contribution in [2.75, 3.05) is 39.6 Å². The average molecular weight is 606 g/mol. The molecule has 43 heavy (non-hydrogen) atoms. The molecule has 4 heterocycles. The number of benzene rings is 2. The number of aromatic nitrogens is 3. The zero-order chi connectivity index (χ0) is 30.2. The van der Waals surface area contributed by atoms with Crippen LogP contribution in [0.25, 0.3) is 26.5 Å². The van der Waals surface area contributed by atoms with E-state index in [1.165, 1.54) is 28.0 Å². The lowest BCUT2D eigenvalue weighted by Crippen LogP contribution is -2.39. The van der Waals surface area contributed by atoms with Gasteiger partial charge < -0.3 is 20.1 Å². The van der Waals surface area contributed by atoms with Gasteiger partial charge in [0, 0.05) is 34.7 Å². The molecular weight excluding hydrogens is 576 g/mol. The monoisotopic (exact) mass is 605 g/mol. The summed E-state index contributed by atoms with van der Waals surface area (Å²) < 4.78 is 43.0. The molecule has 1 aliphatic rings. The summed E-state index contributed by atoms with van der Waals surface area (Å²) in [5.41, 5.74) is 6.32. The van der Waals surface area contributed by atoms with Crippen molar-refractivity contribution < 1.29 is 18.3 Å². The lowest BCUT2D eigenvalue weighted by molar-refractivity contribution is -0.0514. The standard InChI is InChI=1S/C31H29F2N5O4S/c1-36(2)13-22-27-29(39)38(25-7-4-8-26(35-25)42-17-18-15-41-16-18)31(40)37(14-21-23(32)5-3-6-24(21)33)30(27)43-28(22)19-9-11-20(34)12-10-19/h3-12,18H,13-17,34H2,1-2H3. The third-order valence-electron chi connectivity index (χ3n) is 7.21.